The third-order valence-electron chi connectivity index (χ3n) is 3.01. The number of pyridine rings is 1. The summed E-state index contributed by atoms with van der Waals surface area (Å²) in [7, 11) is 0. The molecule has 0 bridgehead atoms. The van der Waals surface area contributed by atoms with Crippen LogP contribution < -0.4 is 11.1 Å². The number of hydrogen-bond donors (Lipinski definition) is 2. The normalized spacial score (nSPS) is 12.3. The predicted molar refractivity (Wildman–Crippen MR) is 87.9 cm³/mol. The summed E-state index contributed by atoms with van der Waals surface area (Å²) in [6, 6.07) is 10.0. The summed E-state index contributed by atoms with van der Waals surface area (Å²) < 4.78 is 1.03. The van der Waals surface area contributed by atoms with E-state index in [2.05, 4.69) is 45.3 Å². The molecule has 0 aliphatic rings. The lowest BCUT2D eigenvalue weighted by Gasteiger charge is -2.21. The van der Waals surface area contributed by atoms with Gasteiger partial charge in [0.05, 0.1) is 11.1 Å². The molecular weight excluding hydrogens is 338 g/mol. The average Bonchev–Trinajstić information content (AvgIpc) is 2.43. The summed E-state index contributed by atoms with van der Waals surface area (Å²) in [6.07, 6.45) is 2.61. The van der Waals surface area contributed by atoms with Crippen LogP contribution in [0.3, 0.4) is 0 Å². The van der Waals surface area contributed by atoms with Crippen LogP contribution in [0.4, 0.5) is 5.82 Å². The first-order chi connectivity index (χ1) is 9.61. The number of rotatable bonds is 5. The molecule has 0 amide bonds. The molecule has 2 aromatic rings. The largest absolute Gasteiger partial charge is 0.383 e. The number of benzene rings is 1. The van der Waals surface area contributed by atoms with Gasteiger partial charge in [-0.15, -0.1) is 0 Å². The van der Waals surface area contributed by atoms with Gasteiger partial charge in [-0.3, -0.25) is 0 Å². The highest BCUT2D eigenvalue weighted by Crippen LogP contribution is 2.29. The molecule has 0 radical (unpaired) electrons. The number of halogens is 2. The van der Waals surface area contributed by atoms with Crippen molar-refractivity contribution in [3.05, 3.63) is 57.2 Å². The highest BCUT2D eigenvalue weighted by molar-refractivity contribution is 9.10. The molecule has 106 valence electrons. The maximum absolute atomic E-state index is 6.06. The zero-order valence-electron chi connectivity index (χ0n) is 11.2. The molecule has 1 unspecified atom stereocenters. The first-order valence-corrected chi connectivity index (χ1v) is 7.68. The molecule has 3 N–H and O–H groups in total. The minimum atomic E-state index is -0.0151. The molecule has 1 heterocycles. The molecule has 3 nitrogen and oxygen atoms in total. The summed E-state index contributed by atoms with van der Waals surface area (Å²) in [5.74, 6) is 0.503. The van der Waals surface area contributed by atoms with Crippen LogP contribution >= 0.6 is 27.5 Å². The van der Waals surface area contributed by atoms with Crippen molar-refractivity contribution in [1.29, 1.82) is 0 Å². The van der Waals surface area contributed by atoms with Crippen molar-refractivity contribution in [3.8, 4) is 0 Å². The Bertz CT molecular complexity index is 589. The second-order valence-corrected chi connectivity index (χ2v) is 5.92. The fourth-order valence-corrected chi connectivity index (χ4v) is 2.66. The average molecular weight is 355 g/mol. The Morgan fingerprint density at radius 2 is 2.20 bits per heavy atom. The summed E-state index contributed by atoms with van der Waals surface area (Å²) in [5, 5.41) is 4.09. The smallest absolute Gasteiger partial charge is 0.128 e. The van der Waals surface area contributed by atoms with Crippen molar-refractivity contribution >= 4 is 33.3 Å². The summed E-state index contributed by atoms with van der Waals surface area (Å²) in [6.45, 7) is 3.02. The Morgan fingerprint density at radius 3 is 2.90 bits per heavy atom. The maximum Gasteiger partial charge on any atom is 0.128 e. The van der Waals surface area contributed by atoms with Crippen molar-refractivity contribution in [2.24, 2.45) is 0 Å². The first-order valence-electron chi connectivity index (χ1n) is 6.51. The number of nitrogens with two attached hydrogens (primary N) is 1. The highest BCUT2D eigenvalue weighted by atomic mass is 79.9. The summed E-state index contributed by atoms with van der Waals surface area (Å²) in [4.78, 5) is 4.15. The lowest BCUT2D eigenvalue weighted by atomic mass is 9.99. The molecular formula is C15H17BrClN3. The Kier molecular flexibility index (Phi) is 5.40. The van der Waals surface area contributed by atoms with Gasteiger partial charge in [0.1, 0.15) is 5.82 Å². The van der Waals surface area contributed by atoms with Crippen LogP contribution in [0.2, 0.25) is 5.02 Å². The highest BCUT2D eigenvalue weighted by Gasteiger charge is 2.17. The monoisotopic (exact) mass is 353 g/mol. The van der Waals surface area contributed by atoms with E-state index in [0.29, 0.717) is 10.8 Å². The molecule has 20 heavy (non-hydrogen) atoms. The fraction of sp³-hybridized carbons (Fsp3) is 0.267. The Morgan fingerprint density at radius 1 is 1.40 bits per heavy atom. The van der Waals surface area contributed by atoms with E-state index < -0.39 is 0 Å². The van der Waals surface area contributed by atoms with Crippen LogP contribution in [-0.2, 0) is 0 Å². The van der Waals surface area contributed by atoms with Gasteiger partial charge < -0.3 is 11.1 Å². The molecule has 0 spiro atoms. The zero-order chi connectivity index (χ0) is 14.5. The molecule has 0 aliphatic carbocycles. The number of anilines is 1. The van der Waals surface area contributed by atoms with E-state index in [-0.39, 0.29) is 6.04 Å². The molecule has 1 atom stereocenters. The van der Waals surface area contributed by atoms with E-state index >= 15 is 0 Å². The standard InChI is InChI=1S/C15H17BrClN3/c1-2-6-19-14(10-4-3-5-11(16)7-10)13-8-12(17)9-20-15(13)18/h3-5,7-9,14,19H,2,6H2,1H3,(H2,18,20). The van der Waals surface area contributed by atoms with Crippen LogP contribution in [0.15, 0.2) is 41.0 Å². The van der Waals surface area contributed by atoms with Gasteiger partial charge in [-0.25, -0.2) is 4.98 Å². The second-order valence-electron chi connectivity index (χ2n) is 4.57. The Balaban J connectivity index is 2.44. The minimum Gasteiger partial charge on any atom is -0.383 e. The van der Waals surface area contributed by atoms with Crippen LogP contribution in [0.5, 0.6) is 0 Å². The second kappa shape index (κ2) is 7.07. The quantitative estimate of drug-likeness (QED) is 0.847. The molecule has 0 aliphatic heterocycles. The third kappa shape index (κ3) is 3.72. The lowest BCUT2D eigenvalue weighted by molar-refractivity contribution is 0.598. The van der Waals surface area contributed by atoms with Gasteiger partial charge in [-0.1, -0.05) is 46.6 Å². The van der Waals surface area contributed by atoms with E-state index in [9.17, 15) is 0 Å². The van der Waals surface area contributed by atoms with E-state index in [1.165, 1.54) is 0 Å². The van der Waals surface area contributed by atoms with Gasteiger partial charge in [-0.2, -0.15) is 0 Å². The topological polar surface area (TPSA) is 50.9 Å². The number of nitrogen functional groups attached to an aromatic ring is 1. The van der Waals surface area contributed by atoms with Crippen LogP contribution in [0.1, 0.15) is 30.5 Å². The molecule has 0 fully saturated rings. The SMILES string of the molecule is CCCNC(c1cccc(Br)c1)c1cc(Cl)cnc1N. The van der Waals surface area contributed by atoms with Gasteiger partial charge in [-0.05, 0) is 36.7 Å². The van der Waals surface area contributed by atoms with E-state index in [1.54, 1.807) is 6.20 Å². The summed E-state index contributed by atoms with van der Waals surface area (Å²) in [5.41, 5.74) is 8.05. The van der Waals surface area contributed by atoms with Crippen molar-refractivity contribution < 1.29 is 0 Å². The molecule has 2 rings (SSSR count). The van der Waals surface area contributed by atoms with E-state index in [1.807, 2.05) is 18.2 Å². The van der Waals surface area contributed by atoms with E-state index in [0.717, 1.165) is 28.6 Å². The number of aromatic nitrogens is 1. The summed E-state index contributed by atoms with van der Waals surface area (Å²) >= 11 is 9.56. The Labute approximate surface area is 132 Å². The van der Waals surface area contributed by atoms with Crippen LogP contribution in [0.25, 0.3) is 0 Å². The minimum absolute atomic E-state index is 0.0151. The van der Waals surface area contributed by atoms with Gasteiger partial charge in [0, 0.05) is 16.2 Å². The Hall–Kier alpha value is -1.10. The van der Waals surface area contributed by atoms with E-state index in [4.69, 9.17) is 17.3 Å². The van der Waals surface area contributed by atoms with Crippen molar-refractivity contribution in [3.63, 3.8) is 0 Å². The van der Waals surface area contributed by atoms with Crippen molar-refractivity contribution in [2.45, 2.75) is 19.4 Å². The fourth-order valence-electron chi connectivity index (χ4n) is 2.08. The van der Waals surface area contributed by atoms with Crippen LogP contribution in [-0.4, -0.2) is 11.5 Å². The predicted octanol–water partition coefficient (Wildman–Crippen LogP) is 4.17. The number of nitrogens with one attached hydrogen (secondary N) is 1. The van der Waals surface area contributed by atoms with Gasteiger partial charge >= 0.3 is 0 Å². The molecule has 1 aromatic carbocycles. The number of hydrogen-bond acceptors (Lipinski definition) is 3. The molecule has 1 aromatic heterocycles. The van der Waals surface area contributed by atoms with Crippen molar-refractivity contribution in [1.82, 2.24) is 10.3 Å². The molecule has 0 saturated heterocycles. The van der Waals surface area contributed by atoms with Gasteiger partial charge in [0.25, 0.3) is 0 Å². The molecule has 5 heteroatoms. The lowest BCUT2D eigenvalue weighted by Crippen LogP contribution is -2.24. The van der Waals surface area contributed by atoms with Crippen LogP contribution in [0, 0.1) is 0 Å². The maximum atomic E-state index is 6.06. The van der Waals surface area contributed by atoms with Gasteiger partial charge in [0.15, 0.2) is 0 Å². The zero-order valence-corrected chi connectivity index (χ0v) is 13.6. The first kappa shape index (κ1) is 15.3. The van der Waals surface area contributed by atoms with Gasteiger partial charge in [0.2, 0.25) is 0 Å². The number of nitrogens with zero attached hydrogens (tertiary/aromatic N) is 1. The molecule has 0 saturated carbocycles. The van der Waals surface area contributed by atoms with Crippen molar-refractivity contribution in [2.75, 3.05) is 12.3 Å². The third-order valence-corrected chi connectivity index (χ3v) is 3.71.